The highest BCUT2D eigenvalue weighted by Crippen LogP contribution is 2.10. The Hall–Kier alpha value is -1.26. The fourth-order valence-electron chi connectivity index (χ4n) is 1.26. The molecule has 0 aromatic heterocycles. The molecular weight excluding hydrogens is 196 g/mol. The van der Waals surface area contributed by atoms with E-state index in [0.29, 0.717) is 5.92 Å². The van der Waals surface area contributed by atoms with E-state index < -0.39 is 12.0 Å². The number of rotatable bonds is 6. The molecule has 0 radical (unpaired) electrons. The van der Waals surface area contributed by atoms with Gasteiger partial charge in [-0.15, -0.1) is 0 Å². The van der Waals surface area contributed by atoms with Gasteiger partial charge in [-0.25, -0.2) is 4.79 Å². The zero-order chi connectivity index (χ0) is 11.8. The van der Waals surface area contributed by atoms with Crippen LogP contribution in [-0.4, -0.2) is 24.6 Å². The van der Waals surface area contributed by atoms with Gasteiger partial charge in [0, 0.05) is 6.04 Å². The van der Waals surface area contributed by atoms with Crippen LogP contribution in [0.25, 0.3) is 0 Å². The number of amides is 2. The third kappa shape index (κ3) is 5.93. The molecule has 3 N–H and O–H groups in total. The summed E-state index contributed by atoms with van der Waals surface area (Å²) < 4.78 is 4.61. The molecule has 0 saturated carbocycles. The van der Waals surface area contributed by atoms with Crippen LogP contribution in [-0.2, 0) is 9.53 Å². The largest absolute Gasteiger partial charge is 0.439 e. The van der Waals surface area contributed by atoms with E-state index in [0.717, 1.165) is 12.8 Å². The maximum absolute atomic E-state index is 11.2. The lowest BCUT2D eigenvalue weighted by Crippen LogP contribution is -2.40. The van der Waals surface area contributed by atoms with Crippen molar-refractivity contribution in [3.8, 4) is 0 Å². The Kier molecular flexibility index (Phi) is 6.49. The van der Waals surface area contributed by atoms with Gasteiger partial charge in [0.15, 0.2) is 6.61 Å². The molecule has 5 heteroatoms. The Morgan fingerprint density at radius 3 is 2.33 bits per heavy atom. The fraction of sp³-hybridized carbons (Fsp3) is 0.800. The standard InChI is InChI=1S/C10H20N2O3/c1-4-7(3)8(5-2)12-10(14)15-6-9(11)13/h7-8H,4-6H2,1-3H3,(H2,11,13)(H,12,14)/t7-,8?/m1/s1. The predicted molar refractivity (Wildman–Crippen MR) is 57.2 cm³/mol. The van der Waals surface area contributed by atoms with E-state index in [1.54, 1.807) is 0 Å². The van der Waals surface area contributed by atoms with Crippen LogP contribution in [0.5, 0.6) is 0 Å². The minimum absolute atomic E-state index is 0.0791. The average Bonchev–Trinajstić information content (AvgIpc) is 2.21. The smallest absolute Gasteiger partial charge is 0.407 e. The molecule has 0 saturated heterocycles. The number of carbonyl (C=O) groups excluding carboxylic acids is 2. The second-order valence-electron chi connectivity index (χ2n) is 3.59. The van der Waals surface area contributed by atoms with Crippen LogP contribution < -0.4 is 11.1 Å². The van der Waals surface area contributed by atoms with Crippen molar-refractivity contribution in [1.82, 2.24) is 5.32 Å². The number of carbonyl (C=O) groups is 2. The van der Waals surface area contributed by atoms with Crippen LogP contribution in [0, 0.1) is 5.92 Å². The van der Waals surface area contributed by atoms with E-state index in [4.69, 9.17) is 5.73 Å². The zero-order valence-electron chi connectivity index (χ0n) is 9.58. The minimum atomic E-state index is -0.651. The fourth-order valence-corrected chi connectivity index (χ4v) is 1.26. The number of hydrogen-bond donors (Lipinski definition) is 2. The first kappa shape index (κ1) is 13.7. The van der Waals surface area contributed by atoms with Crippen molar-refractivity contribution in [2.45, 2.75) is 39.7 Å². The van der Waals surface area contributed by atoms with Crippen LogP contribution in [0.4, 0.5) is 4.79 Å². The zero-order valence-corrected chi connectivity index (χ0v) is 9.58. The Bertz CT molecular complexity index is 219. The summed E-state index contributed by atoms with van der Waals surface area (Å²) in [4.78, 5) is 21.6. The molecule has 0 aliphatic heterocycles. The molecule has 0 aromatic rings. The summed E-state index contributed by atoms with van der Waals surface area (Å²) in [5.74, 6) is -0.266. The number of alkyl carbamates (subject to hydrolysis) is 1. The SMILES string of the molecule is CCC(NC(=O)OCC(N)=O)[C@H](C)CC. The molecule has 5 nitrogen and oxygen atoms in total. The summed E-state index contributed by atoms with van der Waals surface area (Å²) in [7, 11) is 0. The van der Waals surface area contributed by atoms with E-state index in [1.807, 2.05) is 6.92 Å². The van der Waals surface area contributed by atoms with Crippen LogP contribution in [0.2, 0.25) is 0 Å². The molecule has 0 spiro atoms. The van der Waals surface area contributed by atoms with Crippen molar-refractivity contribution in [1.29, 1.82) is 0 Å². The molecule has 0 fully saturated rings. The number of primary amides is 1. The first-order valence-corrected chi connectivity index (χ1v) is 5.22. The lowest BCUT2D eigenvalue weighted by Gasteiger charge is -2.22. The highest BCUT2D eigenvalue weighted by molar-refractivity contribution is 5.78. The van der Waals surface area contributed by atoms with Gasteiger partial charge in [0.1, 0.15) is 0 Å². The Balaban J connectivity index is 3.96. The highest BCUT2D eigenvalue weighted by Gasteiger charge is 2.17. The van der Waals surface area contributed by atoms with Gasteiger partial charge in [0.05, 0.1) is 0 Å². The second-order valence-corrected chi connectivity index (χ2v) is 3.59. The number of hydrogen-bond acceptors (Lipinski definition) is 3. The summed E-state index contributed by atoms with van der Waals surface area (Å²) in [5, 5.41) is 2.70. The van der Waals surface area contributed by atoms with Gasteiger partial charge in [-0.05, 0) is 12.3 Å². The molecular formula is C10H20N2O3. The normalized spacial score (nSPS) is 14.1. The topological polar surface area (TPSA) is 81.4 Å². The van der Waals surface area contributed by atoms with E-state index in [-0.39, 0.29) is 12.6 Å². The Morgan fingerprint density at radius 2 is 1.93 bits per heavy atom. The van der Waals surface area contributed by atoms with E-state index >= 15 is 0 Å². The summed E-state index contributed by atoms with van der Waals surface area (Å²) >= 11 is 0. The minimum Gasteiger partial charge on any atom is -0.439 e. The molecule has 2 amide bonds. The van der Waals surface area contributed by atoms with Crippen molar-refractivity contribution in [2.75, 3.05) is 6.61 Å². The molecule has 0 aliphatic carbocycles. The average molecular weight is 216 g/mol. The first-order chi connectivity index (χ1) is 7.01. The van der Waals surface area contributed by atoms with Gasteiger partial charge in [-0.2, -0.15) is 0 Å². The van der Waals surface area contributed by atoms with Gasteiger partial charge in [0.25, 0.3) is 5.91 Å². The van der Waals surface area contributed by atoms with Gasteiger partial charge >= 0.3 is 6.09 Å². The third-order valence-corrected chi connectivity index (χ3v) is 2.42. The van der Waals surface area contributed by atoms with Crippen molar-refractivity contribution < 1.29 is 14.3 Å². The predicted octanol–water partition coefficient (Wildman–Crippen LogP) is 1.02. The van der Waals surface area contributed by atoms with Gasteiger partial charge in [0.2, 0.25) is 0 Å². The molecule has 0 bridgehead atoms. The molecule has 1 unspecified atom stereocenters. The first-order valence-electron chi connectivity index (χ1n) is 5.22. The molecule has 0 aromatic carbocycles. The number of nitrogens with one attached hydrogen (secondary N) is 1. The third-order valence-electron chi connectivity index (χ3n) is 2.42. The summed E-state index contributed by atoms with van der Waals surface area (Å²) in [6, 6.07) is 0.0791. The molecule has 0 aliphatic rings. The Labute approximate surface area is 90.4 Å². The molecule has 15 heavy (non-hydrogen) atoms. The summed E-state index contributed by atoms with van der Waals surface area (Å²) in [5.41, 5.74) is 4.85. The monoisotopic (exact) mass is 216 g/mol. The maximum Gasteiger partial charge on any atom is 0.407 e. The molecule has 2 atom stereocenters. The van der Waals surface area contributed by atoms with Crippen LogP contribution in [0.15, 0.2) is 0 Å². The van der Waals surface area contributed by atoms with E-state index in [1.165, 1.54) is 0 Å². The molecule has 88 valence electrons. The summed E-state index contributed by atoms with van der Waals surface area (Å²) in [6.45, 7) is 5.74. The Morgan fingerprint density at radius 1 is 1.33 bits per heavy atom. The molecule has 0 rings (SSSR count). The van der Waals surface area contributed by atoms with Gasteiger partial charge in [-0.3, -0.25) is 4.79 Å². The van der Waals surface area contributed by atoms with Crippen LogP contribution in [0.3, 0.4) is 0 Å². The maximum atomic E-state index is 11.2. The quantitative estimate of drug-likeness (QED) is 0.695. The second kappa shape index (κ2) is 7.09. The van der Waals surface area contributed by atoms with Gasteiger partial charge in [-0.1, -0.05) is 27.2 Å². The van der Waals surface area contributed by atoms with Gasteiger partial charge < -0.3 is 15.8 Å². The number of nitrogens with two attached hydrogens (primary N) is 1. The van der Waals surface area contributed by atoms with Crippen LogP contribution >= 0.6 is 0 Å². The van der Waals surface area contributed by atoms with Crippen molar-refractivity contribution in [2.24, 2.45) is 11.7 Å². The van der Waals surface area contributed by atoms with Crippen molar-refractivity contribution in [3.63, 3.8) is 0 Å². The van der Waals surface area contributed by atoms with E-state index in [9.17, 15) is 9.59 Å². The van der Waals surface area contributed by atoms with Crippen molar-refractivity contribution >= 4 is 12.0 Å². The molecule has 0 heterocycles. The summed E-state index contributed by atoms with van der Waals surface area (Å²) in [6.07, 6.45) is 1.23. The number of ether oxygens (including phenoxy) is 1. The van der Waals surface area contributed by atoms with Crippen LogP contribution in [0.1, 0.15) is 33.6 Å². The lowest BCUT2D eigenvalue weighted by molar-refractivity contribution is -0.120. The van der Waals surface area contributed by atoms with Crippen molar-refractivity contribution in [3.05, 3.63) is 0 Å². The lowest BCUT2D eigenvalue weighted by atomic mass is 9.97. The highest BCUT2D eigenvalue weighted by atomic mass is 16.6. The van der Waals surface area contributed by atoms with E-state index in [2.05, 4.69) is 23.9 Å².